The molecule has 4 heteroatoms. The summed E-state index contributed by atoms with van der Waals surface area (Å²) >= 11 is 0. The Morgan fingerprint density at radius 1 is 1.13 bits per heavy atom. The molecule has 0 spiro atoms. The molecule has 2 aliphatic heterocycles. The number of hydrogen-bond donors (Lipinski definition) is 1. The standard InChI is InChI=1S/C11H19N3O/c12-8-5-11(15)14(6-8)10-3-4-13(7-10)9-1-2-9/h8-10H,1-7,12H2. The molecule has 2 heterocycles. The zero-order chi connectivity index (χ0) is 10.4. The highest BCUT2D eigenvalue weighted by Gasteiger charge is 2.40. The number of carbonyl (C=O) groups is 1. The summed E-state index contributed by atoms with van der Waals surface area (Å²) in [5, 5.41) is 0. The van der Waals surface area contributed by atoms with Crippen molar-refractivity contribution >= 4 is 5.91 Å². The van der Waals surface area contributed by atoms with E-state index >= 15 is 0 Å². The minimum atomic E-state index is 0.0764. The number of hydrogen-bond acceptors (Lipinski definition) is 3. The van der Waals surface area contributed by atoms with E-state index < -0.39 is 0 Å². The van der Waals surface area contributed by atoms with Crippen LogP contribution in [0.4, 0.5) is 0 Å². The van der Waals surface area contributed by atoms with Gasteiger partial charge >= 0.3 is 0 Å². The van der Waals surface area contributed by atoms with Gasteiger partial charge < -0.3 is 10.6 Å². The fourth-order valence-corrected chi connectivity index (χ4v) is 2.91. The van der Waals surface area contributed by atoms with E-state index in [1.807, 2.05) is 4.90 Å². The van der Waals surface area contributed by atoms with Crippen molar-refractivity contribution in [2.75, 3.05) is 19.6 Å². The molecule has 3 rings (SSSR count). The Balaban J connectivity index is 1.61. The molecule has 4 nitrogen and oxygen atoms in total. The smallest absolute Gasteiger partial charge is 0.224 e. The molecule has 15 heavy (non-hydrogen) atoms. The van der Waals surface area contributed by atoms with Gasteiger partial charge in [0.2, 0.25) is 5.91 Å². The summed E-state index contributed by atoms with van der Waals surface area (Å²) in [4.78, 5) is 16.3. The number of nitrogens with zero attached hydrogens (tertiary/aromatic N) is 2. The quantitative estimate of drug-likeness (QED) is 0.684. The van der Waals surface area contributed by atoms with Crippen LogP contribution in [0.2, 0.25) is 0 Å². The first-order valence-corrected chi connectivity index (χ1v) is 6.03. The monoisotopic (exact) mass is 209 g/mol. The first-order valence-electron chi connectivity index (χ1n) is 6.03. The van der Waals surface area contributed by atoms with E-state index in [-0.39, 0.29) is 11.9 Å². The molecule has 0 bridgehead atoms. The Labute approximate surface area is 90.4 Å². The number of rotatable bonds is 2. The molecule has 1 saturated carbocycles. The summed E-state index contributed by atoms with van der Waals surface area (Å²) in [6.07, 6.45) is 4.43. The van der Waals surface area contributed by atoms with Crippen LogP contribution in [-0.4, -0.2) is 53.5 Å². The zero-order valence-electron chi connectivity index (χ0n) is 9.06. The lowest BCUT2D eigenvalue weighted by molar-refractivity contribution is -0.129. The van der Waals surface area contributed by atoms with Gasteiger partial charge in [-0.25, -0.2) is 0 Å². The number of amides is 1. The molecule has 2 atom stereocenters. The highest BCUT2D eigenvalue weighted by molar-refractivity contribution is 5.79. The third kappa shape index (κ3) is 1.76. The van der Waals surface area contributed by atoms with Gasteiger partial charge in [-0.3, -0.25) is 9.69 Å². The lowest BCUT2D eigenvalue weighted by atomic mass is 10.2. The molecule has 3 fully saturated rings. The fraction of sp³-hybridized carbons (Fsp3) is 0.909. The first-order chi connectivity index (χ1) is 7.24. The summed E-state index contributed by atoms with van der Waals surface area (Å²) in [5.41, 5.74) is 5.81. The largest absolute Gasteiger partial charge is 0.337 e. The Morgan fingerprint density at radius 2 is 1.93 bits per heavy atom. The third-order valence-corrected chi connectivity index (χ3v) is 3.89. The Morgan fingerprint density at radius 3 is 2.53 bits per heavy atom. The Hall–Kier alpha value is -0.610. The van der Waals surface area contributed by atoms with Gasteiger partial charge in [-0.15, -0.1) is 0 Å². The fourth-order valence-electron chi connectivity index (χ4n) is 2.91. The van der Waals surface area contributed by atoms with Gasteiger partial charge in [0.25, 0.3) is 0 Å². The topological polar surface area (TPSA) is 49.6 Å². The van der Waals surface area contributed by atoms with Gasteiger partial charge in [0, 0.05) is 44.2 Å². The van der Waals surface area contributed by atoms with E-state index in [0.717, 1.165) is 25.6 Å². The van der Waals surface area contributed by atoms with Gasteiger partial charge in [0.1, 0.15) is 0 Å². The van der Waals surface area contributed by atoms with Gasteiger partial charge in [0.15, 0.2) is 0 Å². The van der Waals surface area contributed by atoms with Crippen molar-refractivity contribution in [2.24, 2.45) is 5.73 Å². The van der Waals surface area contributed by atoms with Gasteiger partial charge in [-0.1, -0.05) is 0 Å². The van der Waals surface area contributed by atoms with Crippen molar-refractivity contribution in [1.29, 1.82) is 0 Å². The second-order valence-electron chi connectivity index (χ2n) is 5.18. The molecule has 0 radical (unpaired) electrons. The van der Waals surface area contributed by atoms with E-state index in [2.05, 4.69) is 4.90 Å². The lowest BCUT2D eigenvalue weighted by Crippen LogP contribution is -2.40. The van der Waals surface area contributed by atoms with Gasteiger partial charge in [-0.05, 0) is 19.3 Å². The van der Waals surface area contributed by atoms with Crippen LogP contribution in [0.5, 0.6) is 0 Å². The van der Waals surface area contributed by atoms with Gasteiger partial charge in [-0.2, -0.15) is 0 Å². The second-order valence-corrected chi connectivity index (χ2v) is 5.18. The molecule has 1 amide bonds. The summed E-state index contributed by atoms with van der Waals surface area (Å²) < 4.78 is 0. The molecule has 2 saturated heterocycles. The normalized spacial score (nSPS) is 37.9. The highest BCUT2D eigenvalue weighted by atomic mass is 16.2. The second kappa shape index (κ2) is 3.46. The minimum Gasteiger partial charge on any atom is -0.337 e. The molecule has 2 unspecified atom stereocenters. The molecule has 0 aromatic rings. The van der Waals surface area contributed by atoms with E-state index in [1.54, 1.807) is 0 Å². The maximum absolute atomic E-state index is 11.7. The maximum atomic E-state index is 11.7. The van der Waals surface area contributed by atoms with Crippen LogP contribution in [-0.2, 0) is 4.79 Å². The summed E-state index contributed by atoms with van der Waals surface area (Å²) in [7, 11) is 0. The van der Waals surface area contributed by atoms with E-state index in [4.69, 9.17) is 5.73 Å². The molecular formula is C11H19N3O. The molecule has 3 aliphatic rings. The van der Waals surface area contributed by atoms with Crippen molar-refractivity contribution in [3.05, 3.63) is 0 Å². The number of carbonyl (C=O) groups excluding carboxylic acids is 1. The Kier molecular flexibility index (Phi) is 2.21. The maximum Gasteiger partial charge on any atom is 0.224 e. The molecule has 2 N–H and O–H groups in total. The summed E-state index contributed by atoms with van der Waals surface area (Å²) in [5.74, 6) is 0.269. The minimum absolute atomic E-state index is 0.0764. The summed E-state index contributed by atoms with van der Waals surface area (Å²) in [6.45, 7) is 3.04. The molecule has 84 valence electrons. The van der Waals surface area contributed by atoms with Crippen LogP contribution in [0, 0.1) is 0 Å². The van der Waals surface area contributed by atoms with Crippen LogP contribution in [0.15, 0.2) is 0 Å². The van der Waals surface area contributed by atoms with Crippen molar-refractivity contribution in [2.45, 2.75) is 43.8 Å². The highest BCUT2D eigenvalue weighted by Crippen LogP contribution is 2.31. The lowest BCUT2D eigenvalue weighted by Gasteiger charge is -2.24. The zero-order valence-corrected chi connectivity index (χ0v) is 9.06. The molecule has 1 aliphatic carbocycles. The molecule has 0 aromatic heterocycles. The van der Waals surface area contributed by atoms with Crippen molar-refractivity contribution in [3.8, 4) is 0 Å². The van der Waals surface area contributed by atoms with Crippen LogP contribution < -0.4 is 5.73 Å². The van der Waals surface area contributed by atoms with Crippen molar-refractivity contribution in [1.82, 2.24) is 9.80 Å². The first kappa shape index (κ1) is 9.60. The van der Waals surface area contributed by atoms with E-state index in [0.29, 0.717) is 12.5 Å². The van der Waals surface area contributed by atoms with Gasteiger partial charge in [0.05, 0.1) is 0 Å². The Bertz CT molecular complexity index is 277. The average molecular weight is 209 g/mol. The van der Waals surface area contributed by atoms with Crippen molar-refractivity contribution in [3.63, 3.8) is 0 Å². The number of nitrogens with two attached hydrogens (primary N) is 1. The van der Waals surface area contributed by atoms with Crippen LogP contribution in [0.3, 0.4) is 0 Å². The molecule has 0 aromatic carbocycles. The van der Waals surface area contributed by atoms with E-state index in [9.17, 15) is 4.79 Å². The predicted octanol–water partition coefficient (Wildman–Crippen LogP) is -0.217. The summed E-state index contributed by atoms with van der Waals surface area (Å²) in [6, 6.07) is 1.36. The van der Waals surface area contributed by atoms with Crippen molar-refractivity contribution < 1.29 is 4.79 Å². The number of likely N-dealkylation sites (tertiary alicyclic amines) is 2. The van der Waals surface area contributed by atoms with Crippen LogP contribution in [0.1, 0.15) is 25.7 Å². The van der Waals surface area contributed by atoms with E-state index in [1.165, 1.54) is 19.4 Å². The van der Waals surface area contributed by atoms with Crippen LogP contribution >= 0.6 is 0 Å². The SMILES string of the molecule is NC1CC(=O)N(C2CCN(C3CC3)C2)C1. The average Bonchev–Trinajstić information content (AvgIpc) is 2.83. The predicted molar refractivity (Wildman–Crippen MR) is 57.3 cm³/mol. The van der Waals surface area contributed by atoms with Crippen LogP contribution in [0.25, 0.3) is 0 Å². The molecular weight excluding hydrogens is 190 g/mol. The third-order valence-electron chi connectivity index (χ3n) is 3.89.